The molecule has 0 saturated heterocycles. The van der Waals surface area contributed by atoms with Gasteiger partial charge in [-0.25, -0.2) is 4.98 Å². The molecule has 1 heterocycles. The van der Waals surface area contributed by atoms with Crippen molar-refractivity contribution in [3.8, 4) is 0 Å². The molecule has 21 heavy (non-hydrogen) atoms. The van der Waals surface area contributed by atoms with E-state index in [1.807, 2.05) is 0 Å². The third kappa shape index (κ3) is 4.18. The van der Waals surface area contributed by atoms with Crippen molar-refractivity contribution < 1.29 is 9.88 Å². The first-order valence-electron chi connectivity index (χ1n) is 8.14. The molecule has 0 bridgehead atoms. The second-order valence-electron chi connectivity index (χ2n) is 5.90. The highest BCUT2D eigenvalue weighted by molar-refractivity contribution is 5.89. The fraction of sp³-hybridized carbons (Fsp3) is 0.500. The third-order valence-electron chi connectivity index (χ3n) is 4.18. The molecule has 0 aliphatic heterocycles. The van der Waals surface area contributed by atoms with Crippen LogP contribution in [-0.4, -0.2) is 26.2 Å². The van der Waals surface area contributed by atoms with Crippen molar-refractivity contribution in [1.82, 2.24) is 0 Å². The van der Waals surface area contributed by atoms with E-state index in [1.54, 1.807) is 4.90 Å². The molecule has 114 valence electrons. The van der Waals surface area contributed by atoms with E-state index in [9.17, 15) is 0 Å². The Bertz CT molecular complexity index is 588. The van der Waals surface area contributed by atoms with Gasteiger partial charge in [-0.05, 0) is 32.4 Å². The molecule has 2 rings (SSSR count). The minimum atomic E-state index is 1.04. The van der Waals surface area contributed by atoms with Crippen LogP contribution in [0.3, 0.4) is 0 Å². The number of anilines is 1. The van der Waals surface area contributed by atoms with E-state index in [4.69, 9.17) is 0 Å². The van der Waals surface area contributed by atoms with Gasteiger partial charge >= 0.3 is 0 Å². The fourth-order valence-electron chi connectivity index (χ4n) is 2.84. The summed E-state index contributed by atoms with van der Waals surface area (Å²) in [5.41, 5.74) is 4.95. The maximum Gasteiger partial charge on any atom is 0.213 e. The molecule has 0 aliphatic carbocycles. The molecule has 0 atom stereocenters. The van der Waals surface area contributed by atoms with E-state index in [2.05, 4.69) is 62.3 Å². The van der Waals surface area contributed by atoms with Gasteiger partial charge in [0.2, 0.25) is 5.52 Å². The first-order valence-corrected chi connectivity index (χ1v) is 8.14. The molecule has 0 fully saturated rings. The maximum atomic E-state index is 3.63. The summed E-state index contributed by atoms with van der Waals surface area (Å²) in [6.07, 6.45) is 1.21. The minimum Gasteiger partial charge on any atom is -0.384 e. The van der Waals surface area contributed by atoms with Crippen LogP contribution in [0.1, 0.15) is 31.5 Å². The van der Waals surface area contributed by atoms with Crippen LogP contribution in [0.5, 0.6) is 0 Å². The number of nitrogens with one attached hydrogen (secondary N) is 3. The molecule has 3 nitrogen and oxygen atoms in total. The normalized spacial score (nSPS) is 11.3. The van der Waals surface area contributed by atoms with Gasteiger partial charge in [-0.1, -0.05) is 6.07 Å². The Labute approximate surface area is 128 Å². The van der Waals surface area contributed by atoms with Crippen molar-refractivity contribution in [1.29, 1.82) is 0 Å². The van der Waals surface area contributed by atoms with Crippen LogP contribution in [0.25, 0.3) is 10.9 Å². The molecule has 0 unspecified atom stereocenters. The summed E-state index contributed by atoms with van der Waals surface area (Å²) in [5.74, 6) is 0. The summed E-state index contributed by atoms with van der Waals surface area (Å²) in [4.78, 5) is 5.12. The maximum absolute atomic E-state index is 3.63. The summed E-state index contributed by atoms with van der Waals surface area (Å²) >= 11 is 0. The lowest BCUT2D eigenvalue weighted by atomic mass is 10.1. The molecule has 1 aromatic heterocycles. The summed E-state index contributed by atoms with van der Waals surface area (Å²) < 4.78 is 0. The average molecular weight is 287 g/mol. The SMILES string of the molecule is CC[NH+](CC)CCCNc1cc(C)[nH+]c2ccc(C)cc12. The van der Waals surface area contributed by atoms with Gasteiger partial charge in [0.25, 0.3) is 0 Å². The number of rotatable bonds is 7. The molecule has 0 saturated carbocycles. The van der Waals surface area contributed by atoms with E-state index in [0.717, 1.165) is 6.54 Å². The van der Waals surface area contributed by atoms with Crippen molar-refractivity contribution >= 4 is 16.6 Å². The van der Waals surface area contributed by atoms with Gasteiger partial charge in [0.05, 0.1) is 30.7 Å². The number of H-pyrrole nitrogens is 1. The highest BCUT2D eigenvalue weighted by Gasteiger charge is 2.09. The second-order valence-corrected chi connectivity index (χ2v) is 5.90. The Balaban J connectivity index is 2.06. The number of quaternary nitrogens is 1. The quantitative estimate of drug-likeness (QED) is 0.750. The molecular formula is C18H29N3+2. The van der Waals surface area contributed by atoms with Gasteiger partial charge in [0, 0.05) is 32.0 Å². The summed E-state index contributed by atoms with van der Waals surface area (Å²) in [7, 11) is 0. The number of hydrogen-bond donors (Lipinski definition) is 2. The van der Waals surface area contributed by atoms with E-state index < -0.39 is 0 Å². The molecule has 3 heteroatoms. The number of pyridine rings is 1. The highest BCUT2D eigenvalue weighted by Crippen LogP contribution is 2.22. The lowest BCUT2D eigenvalue weighted by Crippen LogP contribution is -3.11. The molecule has 0 spiro atoms. The van der Waals surface area contributed by atoms with E-state index in [1.165, 1.54) is 53.9 Å². The number of fused-ring (bicyclic) bond motifs is 1. The third-order valence-corrected chi connectivity index (χ3v) is 4.18. The van der Waals surface area contributed by atoms with Gasteiger partial charge in [0.1, 0.15) is 0 Å². The molecule has 2 aromatic rings. The van der Waals surface area contributed by atoms with Crippen LogP contribution in [0.2, 0.25) is 0 Å². The molecule has 1 aromatic carbocycles. The Morgan fingerprint density at radius 1 is 1.10 bits per heavy atom. The minimum absolute atomic E-state index is 1.04. The lowest BCUT2D eigenvalue weighted by molar-refractivity contribution is -0.896. The molecular weight excluding hydrogens is 258 g/mol. The Morgan fingerprint density at radius 3 is 2.57 bits per heavy atom. The number of hydrogen-bond acceptors (Lipinski definition) is 1. The Kier molecular flexibility index (Phi) is 5.57. The summed E-state index contributed by atoms with van der Waals surface area (Å²) in [5, 5.41) is 4.91. The number of benzene rings is 1. The van der Waals surface area contributed by atoms with Gasteiger partial charge in [-0.15, -0.1) is 0 Å². The number of aromatic amines is 1. The van der Waals surface area contributed by atoms with E-state index >= 15 is 0 Å². The molecule has 0 radical (unpaired) electrons. The van der Waals surface area contributed by atoms with Crippen molar-refractivity contribution in [3.63, 3.8) is 0 Å². The van der Waals surface area contributed by atoms with Crippen LogP contribution < -0.4 is 15.2 Å². The number of aryl methyl sites for hydroxylation is 2. The zero-order chi connectivity index (χ0) is 15.2. The molecule has 0 amide bonds. The van der Waals surface area contributed by atoms with Gasteiger partial charge < -0.3 is 10.2 Å². The zero-order valence-electron chi connectivity index (χ0n) is 13.8. The summed E-state index contributed by atoms with van der Waals surface area (Å²) in [6, 6.07) is 8.80. The van der Waals surface area contributed by atoms with Crippen LogP contribution in [-0.2, 0) is 0 Å². The largest absolute Gasteiger partial charge is 0.384 e. The monoisotopic (exact) mass is 287 g/mol. The van der Waals surface area contributed by atoms with Crippen LogP contribution >= 0.6 is 0 Å². The van der Waals surface area contributed by atoms with Gasteiger partial charge in [-0.2, -0.15) is 0 Å². The standard InChI is InChI=1S/C18H27N3/c1-5-21(6-2)11-7-10-19-18-13-15(4)20-17-9-8-14(3)12-16(17)18/h8-9,12-13H,5-7,10-11H2,1-4H3,(H,19,20)/p+2. The number of aromatic nitrogens is 1. The molecule has 0 aliphatic rings. The Morgan fingerprint density at radius 2 is 1.86 bits per heavy atom. The topological polar surface area (TPSA) is 30.6 Å². The van der Waals surface area contributed by atoms with Crippen molar-refractivity contribution in [2.75, 3.05) is 31.5 Å². The lowest BCUT2D eigenvalue weighted by Gasteiger charge is -2.15. The van der Waals surface area contributed by atoms with Crippen LogP contribution in [0, 0.1) is 13.8 Å². The first-order chi connectivity index (χ1) is 10.1. The first kappa shape index (κ1) is 15.8. The van der Waals surface area contributed by atoms with E-state index in [0.29, 0.717) is 0 Å². The average Bonchev–Trinajstić information content (AvgIpc) is 2.48. The van der Waals surface area contributed by atoms with Crippen LogP contribution in [0.15, 0.2) is 24.3 Å². The van der Waals surface area contributed by atoms with Crippen molar-refractivity contribution in [2.45, 2.75) is 34.1 Å². The van der Waals surface area contributed by atoms with E-state index in [-0.39, 0.29) is 0 Å². The second kappa shape index (κ2) is 7.41. The Hall–Kier alpha value is -1.61. The van der Waals surface area contributed by atoms with Gasteiger partial charge in [-0.3, -0.25) is 0 Å². The summed E-state index contributed by atoms with van der Waals surface area (Å²) in [6.45, 7) is 13.5. The van der Waals surface area contributed by atoms with Crippen molar-refractivity contribution in [2.24, 2.45) is 0 Å². The zero-order valence-corrected chi connectivity index (χ0v) is 13.8. The smallest absolute Gasteiger partial charge is 0.213 e. The van der Waals surface area contributed by atoms with Crippen molar-refractivity contribution in [3.05, 3.63) is 35.5 Å². The van der Waals surface area contributed by atoms with Gasteiger partial charge in [0.15, 0.2) is 5.69 Å². The fourth-order valence-corrected chi connectivity index (χ4v) is 2.84. The predicted octanol–water partition coefficient (Wildman–Crippen LogP) is 2.00. The predicted molar refractivity (Wildman–Crippen MR) is 90.0 cm³/mol. The highest BCUT2D eigenvalue weighted by atomic mass is 15.1. The van der Waals surface area contributed by atoms with Crippen LogP contribution in [0.4, 0.5) is 5.69 Å². The molecule has 3 N–H and O–H groups in total.